The summed E-state index contributed by atoms with van der Waals surface area (Å²) in [4.78, 5) is 0. The third kappa shape index (κ3) is 32.8. The molecule has 0 saturated heterocycles. The Bertz CT molecular complexity index is 35.3. The highest BCUT2D eigenvalue weighted by molar-refractivity contribution is 4.32. The quantitative estimate of drug-likeness (QED) is 0.384. The summed E-state index contributed by atoms with van der Waals surface area (Å²) < 4.78 is 0. The summed E-state index contributed by atoms with van der Waals surface area (Å²) in [6, 6.07) is 0. The Balaban J connectivity index is 0. The van der Waals surface area contributed by atoms with E-state index in [1.54, 1.807) is 6.92 Å². The molecule has 0 aliphatic heterocycles. The van der Waals surface area contributed by atoms with Gasteiger partial charge in [0, 0.05) is 0 Å². The van der Waals surface area contributed by atoms with Crippen molar-refractivity contribution in [3.63, 3.8) is 0 Å². The number of hydrogen-bond donors (Lipinski definition) is 3. The van der Waals surface area contributed by atoms with E-state index < -0.39 is 6.29 Å². The fourth-order valence-electron chi connectivity index (χ4n) is 0. The Morgan fingerprint density at radius 2 is 1.56 bits per heavy atom. The standard InChI is InChI=1S/C3H8O2.C3H7O/c1-2-3(4)5;1-2-3-4/h3-5H,2H2,1H3;3-4H,2H2,1H3/q;-1. The molecule has 0 radical (unpaired) electrons. The van der Waals surface area contributed by atoms with Gasteiger partial charge >= 0.3 is 0 Å². The SMILES string of the molecule is CCC(O)O.CC[CH-]O. The molecule has 0 saturated carbocycles. The van der Waals surface area contributed by atoms with Crippen LogP contribution in [0.3, 0.4) is 0 Å². The molecule has 0 aromatic rings. The first-order valence-electron chi connectivity index (χ1n) is 3.01. The number of hydrogen-bond acceptors (Lipinski definition) is 3. The van der Waals surface area contributed by atoms with Crippen LogP contribution < -0.4 is 0 Å². The van der Waals surface area contributed by atoms with E-state index in [0.29, 0.717) is 6.42 Å². The molecule has 0 rings (SSSR count). The molecule has 0 unspecified atom stereocenters. The van der Waals surface area contributed by atoms with Gasteiger partial charge in [0.25, 0.3) is 0 Å². The van der Waals surface area contributed by atoms with Crippen molar-refractivity contribution in [2.45, 2.75) is 33.0 Å². The maximum Gasteiger partial charge on any atom is 0.151 e. The van der Waals surface area contributed by atoms with Gasteiger partial charge in [0.1, 0.15) is 0 Å². The fraction of sp³-hybridized carbons (Fsp3) is 0.833. The monoisotopic (exact) mass is 135 g/mol. The predicted molar refractivity (Wildman–Crippen MR) is 35.0 cm³/mol. The normalized spacial score (nSPS) is 8.67. The first kappa shape index (κ1) is 11.6. The van der Waals surface area contributed by atoms with Crippen molar-refractivity contribution < 1.29 is 15.3 Å². The van der Waals surface area contributed by atoms with Gasteiger partial charge in [-0.05, 0) is 6.42 Å². The molecule has 0 atom stereocenters. The molecule has 0 spiro atoms. The molecular weight excluding hydrogens is 120 g/mol. The van der Waals surface area contributed by atoms with E-state index in [4.69, 9.17) is 15.3 Å². The Hall–Kier alpha value is -0.120. The molecule has 9 heavy (non-hydrogen) atoms. The van der Waals surface area contributed by atoms with Crippen molar-refractivity contribution in [1.29, 1.82) is 0 Å². The van der Waals surface area contributed by atoms with Gasteiger partial charge in [0.05, 0.1) is 0 Å². The van der Waals surface area contributed by atoms with E-state index in [1.165, 1.54) is 0 Å². The first-order chi connectivity index (χ1) is 4.18. The first-order valence-corrected chi connectivity index (χ1v) is 3.01. The van der Waals surface area contributed by atoms with Crippen LogP contribution >= 0.6 is 0 Å². The van der Waals surface area contributed by atoms with Crippen molar-refractivity contribution in [2.24, 2.45) is 0 Å². The van der Waals surface area contributed by atoms with E-state index in [0.717, 1.165) is 13.0 Å². The van der Waals surface area contributed by atoms with E-state index in [9.17, 15) is 0 Å². The second kappa shape index (κ2) is 10.8. The zero-order valence-corrected chi connectivity index (χ0v) is 5.91. The largest absolute Gasteiger partial charge is 0.566 e. The molecule has 0 fully saturated rings. The molecular formula is C6H15O3-. The van der Waals surface area contributed by atoms with Crippen molar-refractivity contribution >= 4 is 0 Å². The Labute approximate surface area is 56.0 Å². The van der Waals surface area contributed by atoms with Gasteiger partial charge in [-0.25, -0.2) is 6.61 Å². The van der Waals surface area contributed by atoms with E-state index >= 15 is 0 Å². The van der Waals surface area contributed by atoms with Gasteiger partial charge in [-0.3, -0.25) is 0 Å². The second-order valence-corrected chi connectivity index (χ2v) is 1.48. The zero-order valence-electron chi connectivity index (χ0n) is 5.91. The topological polar surface area (TPSA) is 60.7 Å². The van der Waals surface area contributed by atoms with Crippen LogP contribution in [0.4, 0.5) is 0 Å². The van der Waals surface area contributed by atoms with Crippen molar-refractivity contribution in [3.8, 4) is 0 Å². The van der Waals surface area contributed by atoms with Crippen LogP contribution in [0.25, 0.3) is 0 Å². The van der Waals surface area contributed by atoms with E-state index in [1.807, 2.05) is 6.92 Å². The summed E-state index contributed by atoms with van der Waals surface area (Å²) >= 11 is 0. The number of aliphatic hydroxyl groups is 3. The summed E-state index contributed by atoms with van der Waals surface area (Å²) in [5, 5.41) is 23.6. The highest BCUT2D eigenvalue weighted by atomic mass is 16.5. The average molecular weight is 135 g/mol. The summed E-state index contributed by atoms with van der Waals surface area (Å²) in [7, 11) is 0. The molecule has 3 N–H and O–H groups in total. The Kier molecular flexibility index (Phi) is 14.0. The van der Waals surface area contributed by atoms with Crippen LogP contribution in [0.5, 0.6) is 0 Å². The second-order valence-electron chi connectivity index (χ2n) is 1.48. The van der Waals surface area contributed by atoms with Crippen molar-refractivity contribution in [1.82, 2.24) is 0 Å². The molecule has 3 heteroatoms. The van der Waals surface area contributed by atoms with Crippen LogP contribution in [0.2, 0.25) is 0 Å². The van der Waals surface area contributed by atoms with Gasteiger partial charge in [0.15, 0.2) is 6.29 Å². The highest BCUT2D eigenvalue weighted by Crippen LogP contribution is 1.77. The molecule has 0 aliphatic carbocycles. The Morgan fingerprint density at radius 3 is 1.56 bits per heavy atom. The van der Waals surface area contributed by atoms with Crippen LogP contribution in [-0.2, 0) is 0 Å². The average Bonchev–Trinajstić information content (AvgIpc) is 1.89. The summed E-state index contributed by atoms with van der Waals surface area (Å²) in [6.07, 6.45) is 0.0509. The van der Waals surface area contributed by atoms with Crippen LogP contribution in [0, 0.1) is 6.61 Å². The van der Waals surface area contributed by atoms with Crippen LogP contribution in [0.15, 0.2) is 0 Å². The molecule has 58 valence electrons. The summed E-state index contributed by atoms with van der Waals surface area (Å²) in [6.45, 7) is 4.70. The lowest BCUT2D eigenvalue weighted by Crippen LogP contribution is -1.99. The number of rotatable bonds is 2. The lowest BCUT2D eigenvalue weighted by atomic mass is 10.5. The molecule has 0 bridgehead atoms. The predicted octanol–water partition coefficient (Wildman–Crippen LogP) is 0.638. The molecule has 0 amide bonds. The van der Waals surface area contributed by atoms with Gasteiger partial charge < -0.3 is 15.3 Å². The lowest BCUT2D eigenvalue weighted by molar-refractivity contribution is -0.0413. The minimum absolute atomic E-state index is 0.417. The lowest BCUT2D eigenvalue weighted by Gasteiger charge is -1.90. The van der Waals surface area contributed by atoms with Crippen LogP contribution in [-0.4, -0.2) is 21.6 Å². The molecule has 3 nitrogen and oxygen atoms in total. The smallest absolute Gasteiger partial charge is 0.151 e. The Morgan fingerprint density at radius 1 is 1.33 bits per heavy atom. The van der Waals surface area contributed by atoms with E-state index in [-0.39, 0.29) is 0 Å². The van der Waals surface area contributed by atoms with Crippen molar-refractivity contribution in [2.75, 3.05) is 0 Å². The van der Waals surface area contributed by atoms with Gasteiger partial charge in [-0.1, -0.05) is 13.8 Å². The summed E-state index contributed by atoms with van der Waals surface area (Å²) in [5.74, 6) is 0. The molecule has 0 heterocycles. The molecule has 0 aliphatic rings. The maximum atomic E-state index is 7.92. The zero-order chi connectivity index (χ0) is 7.70. The maximum absolute atomic E-state index is 7.92. The van der Waals surface area contributed by atoms with Gasteiger partial charge in [-0.2, -0.15) is 6.42 Å². The number of aliphatic hydroxyl groups excluding tert-OH is 2. The molecule has 0 aromatic carbocycles. The minimum Gasteiger partial charge on any atom is -0.566 e. The van der Waals surface area contributed by atoms with Crippen LogP contribution in [0.1, 0.15) is 26.7 Å². The summed E-state index contributed by atoms with van der Waals surface area (Å²) in [5.41, 5.74) is 0. The third-order valence-corrected chi connectivity index (χ3v) is 0.548. The third-order valence-electron chi connectivity index (χ3n) is 0.548. The highest BCUT2D eigenvalue weighted by Gasteiger charge is 1.83. The minimum atomic E-state index is -1.12. The fourth-order valence-corrected chi connectivity index (χ4v) is 0. The van der Waals surface area contributed by atoms with Crippen molar-refractivity contribution in [3.05, 3.63) is 6.61 Å². The van der Waals surface area contributed by atoms with Gasteiger partial charge in [0.2, 0.25) is 0 Å². The molecule has 0 aromatic heterocycles. The van der Waals surface area contributed by atoms with Gasteiger partial charge in [-0.15, -0.1) is 0 Å². The van der Waals surface area contributed by atoms with E-state index in [2.05, 4.69) is 0 Å².